The fourth-order valence-corrected chi connectivity index (χ4v) is 2.43. The maximum Gasteiger partial charge on any atom is 0.335 e. The van der Waals surface area contributed by atoms with Gasteiger partial charge in [-0.05, 0) is 30.5 Å². The molecule has 2 N–H and O–H groups in total. The number of nitrogens with one attached hydrogen (secondary N) is 1. The van der Waals surface area contributed by atoms with Gasteiger partial charge in [0.1, 0.15) is 11.5 Å². The van der Waals surface area contributed by atoms with Gasteiger partial charge in [-0.3, -0.25) is 4.98 Å². The first kappa shape index (κ1) is 15.0. The van der Waals surface area contributed by atoms with Gasteiger partial charge in [0.2, 0.25) is 0 Å². The highest BCUT2D eigenvalue weighted by molar-refractivity contribution is 5.88. The van der Waals surface area contributed by atoms with Crippen molar-refractivity contribution in [1.82, 2.24) is 15.0 Å². The van der Waals surface area contributed by atoms with E-state index in [9.17, 15) is 4.79 Å². The SMILES string of the molecule is O=C(O)c1ccnc(-c2c[nH]c(CCCc3ccccc3)n2)c1. The van der Waals surface area contributed by atoms with E-state index >= 15 is 0 Å². The fourth-order valence-electron chi connectivity index (χ4n) is 2.43. The summed E-state index contributed by atoms with van der Waals surface area (Å²) in [5.74, 6) is -0.0780. The molecule has 2 heterocycles. The number of carboxylic acids is 1. The maximum atomic E-state index is 11.0. The average Bonchev–Trinajstić information content (AvgIpc) is 3.05. The summed E-state index contributed by atoms with van der Waals surface area (Å²) in [7, 11) is 0. The normalized spacial score (nSPS) is 10.6. The first-order valence-corrected chi connectivity index (χ1v) is 7.50. The van der Waals surface area contributed by atoms with Crippen molar-refractivity contribution < 1.29 is 9.90 Å². The van der Waals surface area contributed by atoms with E-state index in [1.807, 2.05) is 18.2 Å². The van der Waals surface area contributed by atoms with Crippen LogP contribution in [0.25, 0.3) is 11.4 Å². The van der Waals surface area contributed by atoms with Crippen LogP contribution in [0, 0.1) is 0 Å². The number of benzene rings is 1. The average molecular weight is 307 g/mol. The Kier molecular flexibility index (Phi) is 4.47. The number of aromatic carboxylic acids is 1. The van der Waals surface area contributed by atoms with E-state index in [0.29, 0.717) is 11.4 Å². The zero-order valence-electron chi connectivity index (χ0n) is 12.6. The summed E-state index contributed by atoms with van der Waals surface area (Å²) >= 11 is 0. The summed E-state index contributed by atoms with van der Waals surface area (Å²) in [4.78, 5) is 22.8. The summed E-state index contributed by atoms with van der Waals surface area (Å²) in [5.41, 5.74) is 2.76. The van der Waals surface area contributed by atoms with Crippen molar-refractivity contribution >= 4 is 5.97 Å². The lowest BCUT2D eigenvalue weighted by Gasteiger charge is -2.00. The molecule has 0 aliphatic heterocycles. The minimum absolute atomic E-state index is 0.212. The predicted molar refractivity (Wildman–Crippen MR) is 87.2 cm³/mol. The van der Waals surface area contributed by atoms with Crippen LogP contribution in [0.3, 0.4) is 0 Å². The van der Waals surface area contributed by atoms with E-state index in [-0.39, 0.29) is 5.56 Å². The van der Waals surface area contributed by atoms with Crippen LogP contribution in [0.4, 0.5) is 0 Å². The molecule has 0 spiro atoms. The van der Waals surface area contributed by atoms with Crippen molar-refractivity contribution in [2.75, 3.05) is 0 Å². The number of H-pyrrole nitrogens is 1. The molecule has 5 heteroatoms. The first-order valence-electron chi connectivity index (χ1n) is 7.50. The summed E-state index contributed by atoms with van der Waals surface area (Å²) in [6.45, 7) is 0. The molecule has 1 aromatic carbocycles. The second-order valence-electron chi connectivity index (χ2n) is 5.31. The Morgan fingerprint density at radius 1 is 1.09 bits per heavy atom. The molecule has 0 saturated carbocycles. The van der Waals surface area contributed by atoms with Crippen LogP contribution in [0.2, 0.25) is 0 Å². The third-order valence-corrected chi connectivity index (χ3v) is 3.62. The molecule has 0 aliphatic carbocycles. The lowest BCUT2D eigenvalue weighted by atomic mass is 10.1. The van der Waals surface area contributed by atoms with Gasteiger partial charge in [0.15, 0.2) is 0 Å². The van der Waals surface area contributed by atoms with Gasteiger partial charge in [0, 0.05) is 18.8 Å². The minimum atomic E-state index is -0.965. The van der Waals surface area contributed by atoms with E-state index < -0.39 is 5.97 Å². The zero-order chi connectivity index (χ0) is 16.1. The highest BCUT2D eigenvalue weighted by atomic mass is 16.4. The number of hydrogen-bond donors (Lipinski definition) is 2. The number of nitrogens with zero attached hydrogens (tertiary/aromatic N) is 2. The number of imidazole rings is 1. The number of aromatic amines is 1. The molecule has 0 unspecified atom stereocenters. The lowest BCUT2D eigenvalue weighted by Crippen LogP contribution is -1.97. The van der Waals surface area contributed by atoms with Gasteiger partial charge in [0.05, 0.1) is 11.3 Å². The van der Waals surface area contributed by atoms with Crippen LogP contribution in [0.15, 0.2) is 54.9 Å². The first-order chi connectivity index (χ1) is 11.2. The number of aryl methyl sites for hydroxylation is 2. The van der Waals surface area contributed by atoms with E-state index in [4.69, 9.17) is 5.11 Å². The van der Waals surface area contributed by atoms with Crippen molar-refractivity contribution in [3.8, 4) is 11.4 Å². The Bertz CT molecular complexity index is 797. The third kappa shape index (κ3) is 3.83. The van der Waals surface area contributed by atoms with E-state index in [1.165, 1.54) is 23.9 Å². The number of aromatic nitrogens is 3. The molecule has 0 atom stereocenters. The lowest BCUT2D eigenvalue weighted by molar-refractivity contribution is 0.0697. The Morgan fingerprint density at radius 3 is 2.70 bits per heavy atom. The van der Waals surface area contributed by atoms with Crippen LogP contribution in [0.1, 0.15) is 28.2 Å². The number of pyridine rings is 1. The Morgan fingerprint density at radius 2 is 1.91 bits per heavy atom. The molecule has 0 aliphatic rings. The van der Waals surface area contributed by atoms with Gasteiger partial charge >= 0.3 is 5.97 Å². The van der Waals surface area contributed by atoms with Gasteiger partial charge in [-0.15, -0.1) is 0 Å². The van der Waals surface area contributed by atoms with Gasteiger partial charge < -0.3 is 10.1 Å². The van der Waals surface area contributed by atoms with Crippen molar-refractivity contribution in [3.05, 3.63) is 71.8 Å². The second-order valence-corrected chi connectivity index (χ2v) is 5.31. The molecule has 5 nitrogen and oxygen atoms in total. The molecule has 23 heavy (non-hydrogen) atoms. The molecule has 2 aromatic heterocycles. The van der Waals surface area contributed by atoms with Gasteiger partial charge in [-0.25, -0.2) is 9.78 Å². The Hall–Kier alpha value is -2.95. The predicted octanol–water partition coefficient (Wildman–Crippen LogP) is 3.35. The van der Waals surface area contributed by atoms with Crippen LogP contribution in [-0.4, -0.2) is 26.0 Å². The molecule has 116 valence electrons. The highest BCUT2D eigenvalue weighted by Crippen LogP contribution is 2.16. The van der Waals surface area contributed by atoms with Crippen LogP contribution in [-0.2, 0) is 12.8 Å². The standard InChI is InChI=1S/C18H17N3O2/c22-18(23)14-9-10-19-15(11-14)16-12-20-17(21-16)8-4-7-13-5-2-1-3-6-13/h1-3,5-6,9-12H,4,7-8H2,(H,20,21)(H,22,23). The van der Waals surface area contributed by atoms with E-state index in [2.05, 4.69) is 27.1 Å². The second kappa shape index (κ2) is 6.87. The van der Waals surface area contributed by atoms with Gasteiger partial charge in [0.25, 0.3) is 0 Å². The van der Waals surface area contributed by atoms with Crippen molar-refractivity contribution in [2.24, 2.45) is 0 Å². The number of carboxylic acid groups (broad SMARTS) is 1. The number of carbonyl (C=O) groups is 1. The third-order valence-electron chi connectivity index (χ3n) is 3.62. The monoisotopic (exact) mass is 307 g/mol. The maximum absolute atomic E-state index is 11.0. The van der Waals surface area contributed by atoms with Gasteiger partial charge in [-0.1, -0.05) is 30.3 Å². The minimum Gasteiger partial charge on any atom is -0.478 e. The molecular weight excluding hydrogens is 290 g/mol. The number of hydrogen-bond acceptors (Lipinski definition) is 3. The quantitative estimate of drug-likeness (QED) is 0.732. The molecule has 0 bridgehead atoms. The summed E-state index contributed by atoms with van der Waals surface area (Å²) in [6, 6.07) is 13.3. The molecule has 0 radical (unpaired) electrons. The molecule has 0 saturated heterocycles. The van der Waals surface area contributed by atoms with Crippen LogP contribution < -0.4 is 0 Å². The smallest absolute Gasteiger partial charge is 0.335 e. The summed E-state index contributed by atoms with van der Waals surface area (Å²) in [6.07, 6.45) is 6.10. The topological polar surface area (TPSA) is 78.9 Å². The molecule has 0 fully saturated rings. The van der Waals surface area contributed by atoms with E-state index in [0.717, 1.165) is 25.1 Å². The molecule has 3 aromatic rings. The molecule has 3 rings (SSSR count). The van der Waals surface area contributed by atoms with Crippen LogP contribution >= 0.6 is 0 Å². The van der Waals surface area contributed by atoms with E-state index in [1.54, 1.807) is 6.20 Å². The van der Waals surface area contributed by atoms with Crippen molar-refractivity contribution in [3.63, 3.8) is 0 Å². The van der Waals surface area contributed by atoms with Crippen molar-refractivity contribution in [2.45, 2.75) is 19.3 Å². The summed E-state index contributed by atoms with van der Waals surface area (Å²) in [5, 5.41) is 9.03. The molecular formula is C18H17N3O2. The van der Waals surface area contributed by atoms with Gasteiger partial charge in [-0.2, -0.15) is 0 Å². The number of rotatable bonds is 6. The Labute approximate surface area is 134 Å². The summed E-state index contributed by atoms with van der Waals surface area (Å²) < 4.78 is 0. The highest BCUT2D eigenvalue weighted by Gasteiger charge is 2.09. The Balaban J connectivity index is 1.64. The van der Waals surface area contributed by atoms with Crippen LogP contribution in [0.5, 0.6) is 0 Å². The fraction of sp³-hybridized carbons (Fsp3) is 0.167. The zero-order valence-corrected chi connectivity index (χ0v) is 12.6. The molecule has 0 amide bonds. The van der Waals surface area contributed by atoms with Crippen molar-refractivity contribution in [1.29, 1.82) is 0 Å². The largest absolute Gasteiger partial charge is 0.478 e.